The molecule has 0 fully saturated rings. The van der Waals surface area contributed by atoms with E-state index in [9.17, 15) is 13.5 Å². The monoisotopic (exact) mass is 455 g/mol. The molecule has 0 aromatic heterocycles. The van der Waals surface area contributed by atoms with Crippen LogP contribution in [0.3, 0.4) is 0 Å². The van der Waals surface area contributed by atoms with Gasteiger partial charge in [0.05, 0.1) is 22.6 Å². The molecular formula is C23H22ClN3O3S. The third kappa shape index (κ3) is 4.97. The van der Waals surface area contributed by atoms with Crippen LogP contribution in [0, 0.1) is 0 Å². The minimum Gasteiger partial charge on any atom is -0.394 e. The second-order valence-corrected chi connectivity index (χ2v) is 9.42. The number of aliphatic hydroxyl groups excluding tert-OH is 1. The van der Waals surface area contributed by atoms with Gasteiger partial charge < -0.3 is 10.0 Å². The van der Waals surface area contributed by atoms with Crippen molar-refractivity contribution in [3.05, 3.63) is 89.6 Å². The summed E-state index contributed by atoms with van der Waals surface area (Å²) in [5.41, 5.74) is 1.01. The summed E-state index contributed by atoms with van der Waals surface area (Å²) in [6, 6.07) is 21.8. The SMILES string of the molecule is O=S(=O)(N[C@@H]1N=CC(Cl)=CN1C(CO)Cc1ccccc1)c1ccc2ccccc2c1. The van der Waals surface area contributed by atoms with Crippen molar-refractivity contribution in [1.29, 1.82) is 0 Å². The highest BCUT2D eigenvalue weighted by Gasteiger charge is 2.30. The Hall–Kier alpha value is -2.71. The van der Waals surface area contributed by atoms with Gasteiger partial charge in [-0.15, -0.1) is 0 Å². The van der Waals surface area contributed by atoms with Crippen molar-refractivity contribution in [2.45, 2.75) is 23.6 Å². The molecule has 3 aromatic carbocycles. The highest BCUT2D eigenvalue weighted by atomic mass is 35.5. The molecule has 1 heterocycles. The number of aliphatic hydroxyl groups is 1. The molecule has 3 aromatic rings. The number of nitrogens with one attached hydrogen (secondary N) is 1. The summed E-state index contributed by atoms with van der Waals surface area (Å²) in [7, 11) is -3.88. The highest BCUT2D eigenvalue weighted by molar-refractivity contribution is 7.89. The van der Waals surface area contributed by atoms with Crippen LogP contribution in [0.4, 0.5) is 0 Å². The molecule has 0 spiro atoms. The molecule has 31 heavy (non-hydrogen) atoms. The second kappa shape index (κ2) is 9.20. The molecule has 4 rings (SSSR count). The average Bonchev–Trinajstić information content (AvgIpc) is 2.79. The quantitative estimate of drug-likeness (QED) is 0.571. The maximum absolute atomic E-state index is 13.1. The van der Waals surface area contributed by atoms with E-state index in [1.807, 2.05) is 54.6 Å². The molecule has 6 nitrogen and oxygen atoms in total. The van der Waals surface area contributed by atoms with Gasteiger partial charge in [0.2, 0.25) is 10.0 Å². The van der Waals surface area contributed by atoms with Gasteiger partial charge in [0.15, 0.2) is 6.29 Å². The molecule has 0 radical (unpaired) electrons. The summed E-state index contributed by atoms with van der Waals surface area (Å²) < 4.78 is 28.9. The van der Waals surface area contributed by atoms with E-state index in [-0.39, 0.29) is 11.5 Å². The molecule has 1 aliphatic rings. The van der Waals surface area contributed by atoms with Gasteiger partial charge in [0, 0.05) is 12.4 Å². The second-order valence-electron chi connectivity index (χ2n) is 7.27. The third-order valence-electron chi connectivity index (χ3n) is 5.13. The summed E-state index contributed by atoms with van der Waals surface area (Å²) in [4.78, 5) is 6.07. The van der Waals surface area contributed by atoms with Gasteiger partial charge in [-0.05, 0) is 34.9 Å². The minimum absolute atomic E-state index is 0.144. The van der Waals surface area contributed by atoms with Crippen molar-refractivity contribution < 1.29 is 13.5 Å². The van der Waals surface area contributed by atoms with E-state index in [0.29, 0.717) is 11.5 Å². The van der Waals surface area contributed by atoms with Gasteiger partial charge >= 0.3 is 0 Å². The molecule has 0 amide bonds. The van der Waals surface area contributed by atoms with Crippen molar-refractivity contribution >= 4 is 38.6 Å². The zero-order valence-electron chi connectivity index (χ0n) is 16.6. The molecule has 0 saturated carbocycles. The Morgan fingerprint density at radius 2 is 1.74 bits per heavy atom. The van der Waals surface area contributed by atoms with E-state index >= 15 is 0 Å². The standard InChI is InChI=1S/C23H22ClN3O3S/c24-20-14-25-23(27(15-20)21(16-28)12-17-6-2-1-3-7-17)26-31(29,30)22-11-10-18-8-4-5-9-19(18)13-22/h1-11,13-15,21,23,26,28H,12,16H2/t21?,23-/m0/s1. The lowest BCUT2D eigenvalue weighted by molar-refractivity contribution is 0.124. The summed E-state index contributed by atoms with van der Waals surface area (Å²) in [5.74, 6) is 0. The van der Waals surface area contributed by atoms with E-state index in [4.69, 9.17) is 11.6 Å². The highest BCUT2D eigenvalue weighted by Crippen LogP contribution is 2.22. The number of benzene rings is 3. The normalized spacial score (nSPS) is 17.5. The third-order valence-corrected chi connectivity index (χ3v) is 6.72. The Bertz CT molecular complexity index is 1230. The molecule has 2 N–H and O–H groups in total. The number of nitrogens with zero attached hydrogens (tertiary/aromatic N) is 2. The topological polar surface area (TPSA) is 82.0 Å². The molecule has 160 valence electrons. The van der Waals surface area contributed by atoms with Crippen molar-refractivity contribution in [3.8, 4) is 0 Å². The number of fused-ring (bicyclic) bond motifs is 1. The molecule has 0 saturated heterocycles. The van der Waals surface area contributed by atoms with Gasteiger partial charge in [-0.25, -0.2) is 8.42 Å². The number of rotatable bonds is 7. The average molecular weight is 456 g/mol. The summed E-state index contributed by atoms with van der Waals surface area (Å²) >= 11 is 6.15. The first-order chi connectivity index (χ1) is 15.0. The molecule has 1 aliphatic heterocycles. The Kier molecular flexibility index (Phi) is 6.38. The van der Waals surface area contributed by atoms with Crippen LogP contribution < -0.4 is 4.72 Å². The van der Waals surface area contributed by atoms with Crippen LogP contribution in [-0.2, 0) is 16.4 Å². The zero-order valence-corrected chi connectivity index (χ0v) is 18.2. The van der Waals surface area contributed by atoms with Gasteiger partial charge in [-0.3, -0.25) is 4.99 Å². The number of hydrogen-bond donors (Lipinski definition) is 2. The summed E-state index contributed by atoms with van der Waals surface area (Å²) in [5, 5.41) is 12.2. The summed E-state index contributed by atoms with van der Waals surface area (Å²) in [6.07, 6.45) is 2.58. The predicted molar refractivity (Wildman–Crippen MR) is 123 cm³/mol. The Labute approximate surface area is 186 Å². The van der Waals surface area contributed by atoms with Crippen molar-refractivity contribution in [3.63, 3.8) is 0 Å². The first-order valence-corrected chi connectivity index (χ1v) is 11.7. The fourth-order valence-electron chi connectivity index (χ4n) is 3.55. The predicted octanol–water partition coefficient (Wildman–Crippen LogP) is 3.47. The number of allylic oxidation sites excluding steroid dienone is 1. The Morgan fingerprint density at radius 3 is 2.48 bits per heavy atom. The van der Waals surface area contributed by atoms with E-state index < -0.39 is 22.4 Å². The maximum atomic E-state index is 13.1. The van der Waals surface area contributed by atoms with Crippen LogP contribution in [0.1, 0.15) is 5.56 Å². The molecule has 0 bridgehead atoms. The number of hydrogen-bond acceptors (Lipinski definition) is 5. The maximum Gasteiger partial charge on any atom is 0.243 e. The van der Waals surface area contributed by atoms with Gasteiger partial charge in [-0.2, -0.15) is 4.72 Å². The number of sulfonamides is 1. The zero-order chi connectivity index (χ0) is 21.8. The fourth-order valence-corrected chi connectivity index (χ4v) is 4.85. The lowest BCUT2D eigenvalue weighted by Gasteiger charge is -2.36. The first-order valence-electron chi connectivity index (χ1n) is 9.80. The van der Waals surface area contributed by atoms with Crippen molar-refractivity contribution in [2.75, 3.05) is 6.61 Å². The van der Waals surface area contributed by atoms with Crippen molar-refractivity contribution in [1.82, 2.24) is 9.62 Å². The van der Waals surface area contributed by atoms with E-state index in [2.05, 4.69) is 9.71 Å². The van der Waals surface area contributed by atoms with Crippen LogP contribution in [0.15, 0.2) is 93.9 Å². The van der Waals surface area contributed by atoms with E-state index in [1.165, 1.54) is 6.21 Å². The lowest BCUT2D eigenvalue weighted by atomic mass is 10.1. The number of halogens is 1. The Morgan fingerprint density at radius 1 is 1.03 bits per heavy atom. The van der Waals surface area contributed by atoms with E-state index in [1.54, 1.807) is 29.3 Å². The van der Waals surface area contributed by atoms with Crippen LogP contribution in [0.2, 0.25) is 0 Å². The van der Waals surface area contributed by atoms with Crippen LogP contribution >= 0.6 is 11.6 Å². The molecular weight excluding hydrogens is 434 g/mol. The molecule has 2 atom stereocenters. The Balaban J connectivity index is 1.60. The van der Waals surface area contributed by atoms with Crippen LogP contribution in [0.25, 0.3) is 10.8 Å². The van der Waals surface area contributed by atoms with Gasteiger partial charge in [0.1, 0.15) is 0 Å². The smallest absolute Gasteiger partial charge is 0.243 e. The van der Waals surface area contributed by atoms with Gasteiger partial charge in [-0.1, -0.05) is 72.3 Å². The van der Waals surface area contributed by atoms with E-state index in [0.717, 1.165) is 16.3 Å². The minimum atomic E-state index is -3.88. The molecule has 1 unspecified atom stereocenters. The molecule has 0 aliphatic carbocycles. The largest absolute Gasteiger partial charge is 0.394 e. The summed E-state index contributed by atoms with van der Waals surface area (Å²) in [6.45, 7) is -0.195. The van der Waals surface area contributed by atoms with Crippen LogP contribution in [-0.4, -0.2) is 43.6 Å². The first kappa shape index (κ1) is 21.5. The molecule has 8 heteroatoms. The number of aliphatic imine (C=N–C) groups is 1. The lowest BCUT2D eigenvalue weighted by Crippen LogP contribution is -2.51. The van der Waals surface area contributed by atoms with Gasteiger partial charge in [0.25, 0.3) is 0 Å². The van der Waals surface area contributed by atoms with Crippen LogP contribution in [0.5, 0.6) is 0 Å². The fraction of sp³-hybridized carbons (Fsp3) is 0.174. The van der Waals surface area contributed by atoms with Crippen molar-refractivity contribution in [2.24, 2.45) is 4.99 Å².